The third kappa shape index (κ3) is 1.87. The molecular weight excluding hydrogens is 118 g/mol. The maximum absolute atomic E-state index is 8.17. The van der Waals surface area contributed by atoms with Crippen molar-refractivity contribution in [2.45, 2.75) is 6.42 Å². The van der Waals surface area contributed by atoms with Crippen molar-refractivity contribution in [1.82, 2.24) is 5.48 Å². The summed E-state index contributed by atoms with van der Waals surface area (Å²) in [7, 11) is 0. The summed E-state index contributed by atoms with van der Waals surface area (Å²) in [6, 6.07) is 3.70. The van der Waals surface area contributed by atoms with Gasteiger partial charge in [-0.2, -0.15) is 0 Å². The molecule has 0 aliphatic heterocycles. The van der Waals surface area contributed by atoms with Crippen LogP contribution in [0.3, 0.4) is 0 Å². The van der Waals surface area contributed by atoms with Gasteiger partial charge in [-0.1, -0.05) is 0 Å². The number of nitrogens with one attached hydrogen (secondary N) is 1. The Morgan fingerprint density at radius 2 is 2.56 bits per heavy atom. The second-order valence-corrected chi connectivity index (χ2v) is 1.74. The molecule has 0 atom stereocenters. The fraction of sp³-hybridized carbons (Fsp3) is 0.333. The van der Waals surface area contributed by atoms with Crippen molar-refractivity contribution < 1.29 is 9.62 Å². The van der Waals surface area contributed by atoms with Gasteiger partial charge in [-0.05, 0) is 12.1 Å². The van der Waals surface area contributed by atoms with Crippen LogP contribution in [0.1, 0.15) is 5.76 Å². The summed E-state index contributed by atoms with van der Waals surface area (Å²) in [5, 5.41) is 8.17. The zero-order valence-corrected chi connectivity index (χ0v) is 5.00. The van der Waals surface area contributed by atoms with E-state index in [4.69, 9.17) is 9.62 Å². The molecule has 1 heterocycles. The van der Waals surface area contributed by atoms with Crippen LogP contribution in [-0.2, 0) is 6.42 Å². The summed E-state index contributed by atoms with van der Waals surface area (Å²) in [5.41, 5.74) is 2.05. The Kier molecular flexibility index (Phi) is 2.30. The normalized spacial score (nSPS) is 9.89. The molecule has 0 bridgehead atoms. The first kappa shape index (κ1) is 6.32. The van der Waals surface area contributed by atoms with Gasteiger partial charge in [0, 0.05) is 13.0 Å². The van der Waals surface area contributed by atoms with Crippen LogP contribution in [0, 0.1) is 0 Å². The third-order valence-electron chi connectivity index (χ3n) is 1.06. The van der Waals surface area contributed by atoms with Gasteiger partial charge >= 0.3 is 0 Å². The van der Waals surface area contributed by atoms with Gasteiger partial charge in [-0.15, -0.1) is 0 Å². The Bertz CT molecular complexity index is 148. The van der Waals surface area contributed by atoms with E-state index in [0.717, 1.165) is 12.2 Å². The molecule has 0 spiro atoms. The minimum Gasteiger partial charge on any atom is -0.469 e. The van der Waals surface area contributed by atoms with E-state index >= 15 is 0 Å². The van der Waals surface area contributed by atoms with E-state index in [0.29, 0.717) is 6.54 Å². The van der Waals surface area contributed by atoms with Crippen LogP contribution >= 0.6 is 0 Å². The molecular formula is C6H9NO2. The van der Waals surface area contributed by atoms with Crippen molar-refractivity contribution in [3.63, 3.8) is 0 Å². The molecule has 9 heavy (non-hydrogen) atoms. The molecule has 2 N–H and O–H groups in total. The maximum Gasteiger partial charge on any atom is 0.105 e. The van der Waals surface area contributed by atoms with Crippen molar-refractivity contribution in [2.24, 2.45) is 0 Å². The first-order chi connectivity index (χ1) is 4.43. The number of hydrogen-bond acceptors (Lipinski definition) is 3. The molecule has 0 aliphatic rings. The molecule has 0 fully saturated rings. The SMILES string of the molecule is ONCCc1ccco1. The van der Waals surface area contributed by atoms with Gasteiger partial charge < -0.3 is 9.62 Å². The third-order valence-corrected chi connectivity index (χ3v) is 1.06. The van der Waals surface area contributed by atoms with E-state index in [1.165, 1.54) is 0 Å². The molecule has 0 radical (unpaired) electrons. The largest absolute Gasteiger partial charge is 0.469 e. The summed E-state index contributed by atoms with van der Waals surface area (Å²) in [4.78, 5) is 0. The van der Waals surface area contributed by atoms with E-state index in [2.05, 4.69) is 0 Å². The highest BCUT2D eigenvalue weighted by Crippen LogP contribution is 1.98. The monoisotopic (exact) mass is 127 g/mol. The minimum absolute atomic E-state index is 0.535. The minimum atomic E-state index is 0.535. The van der Waals surface area contributed by atoms with Gasteiger partial charge in [-0.3, -0.25) is 0 Å². The Morgan fingerprint density at radius 3 is 3.11 bits per heavy atom. The van der Waals surface area contributed by atoms with E-state index < -0.39 is 0 Å². The van der Waals surface area contributed by atoms with Crippen LogP contribution < -0.4 is 5.48 Å². The molecule has 0 saturated carbocycles. The Hall–Kier alpha value is -0.800. The standard InChI is InChI=1S/C6H9NO2/c8-7-4-3-6-2-1-5-9-6/h1-2,5,7-8H,3-4H2. The topological polar surface area (TPSA) is 45.4 Å². The van der Waals surface area contributed by atoms with Crippen molar-refractivity contribution >= 4 is 0 Å². The fourth-order valence-electron chi connectivity index (χ4n) is 0.634. The lowest BCUT2D eigenvalue weighted by Crippen LogP contribution is -2.10. The highest BCUT2D eigenvalue weighted by molar-refractivity contribution is 4.97. The highest BCUT2D eigenvalue weighted by Gasteiger charge is 1.91. The van der Waals surface area contributed by atoms with Gasteiger partial charge in [-0.25, -0.2) is 5.48 Å². The smallest absolute Gasteiger partial charge is 0.105 e. The van der Waals surface area contributed by atoms with Gasteiger partial charge in [0.15, 0.2) is 0 Å². The van der Waals surface area contributed by atoms with Gasteiger partial charge in [0.1, 0.15) is 5.76 Å². The molecule has 3 heteroatoms. The van der Waals surface area contributed by atoms with Crippen molar-refractivity contribution in [3.8, 4) is 0 Å². The molecule has 0 saturated heterocycles. The zero-order valence-electron chi connectivity index (χ0n) is 5.00. The number of hydrogen-bond donors (Lipinski definition) is 2. The molecule has 50 valence electrons. The molecule has 0 aromatic carbocycles. The summed E-state index contributed by atoms with van der Waals surface area (Å²) in [5.74, 6) is 0.886. The predicted molar refractivity (Wildman–Crippen MR) is 32.2 cm³/mol. The van der Waals surface area contributed by atoms with Gasteiger partial charge in [0.25, 0.3) is 0 Å². The Balaban J connectivity index is 2.30. The van der Waals surface area contributed by atoms with Crippen molar-refractivity contribution in [2.75, 3.05) is 6.54 Å². The predicted octanol–water partition coefficient (Wildman–Crippen LogP) is 0.801. The Morgan fingerprint density at radius 1 is 1.67 bits per heavy atom. The van der Waals surface area contributed by atoms with Crippen LogP contribution in [0.25, 0.3) is 0 Å². The van der Waals surface area contributed by atoms with Gasteiger partial charge in [0.05, 0.1) is 6.26 Å². The van der Waals surface area contributed by atoms with E-state index in [1.54, 1.807) is 6.26 Å². The average molecular weight is 127 g/mol. The van der Waals surface area contributed by atoms with Crippen LogP contribution in [0.5, 0.6) is 0 Å². The second kappa shape index (κ2) is 3.27. The van der Waals surface area contributed by atoms with E-state index in [1.807, 2.05) is 17.6 Å². The van der Waals surface area contributed by atoms with Crippen LogP contribution in [0.2, 0.25) is 0 Å². The summed E-state index contributed by atoms with van der Waals surface area (Å²) >= 11 is 0. The molecule has 3 nitrogen and oxygen atoms in total. The van der Waals surface area contributed by atoms with Gasteiger partial charge in [0.2, 0.25) is 0 Å². The lowest BCUT2D eigenvalue weighted by atomic mass is 10.3. The second-order valence-electron chi connectivity index (χ2n) is 1.74. The lowest BCUT2D eigenvalue weighted by Gasteiger charge is -1.91. The van der Waals surface area contributed by atoms with Crippen molar-refractivity contribution in [3.05, 3.63) is 24.2 Å². The lowest BCUT2D eigenvalue weighted by molar-refractivity contribution is 0.166. The summed E-state index contributed by atoms with van der Waals surface area (Å²) in [6.45, 7) is 0.535. The van der Waals surface area contributed by atoms with Crippen LogP contribution in [-0.4, -0.2) is 11.8 Å². The first-order valence-electron chi connectivity index (χ1n) is 2.83. The molecule has 0 aliphatic carbocycles. The molecule has 0 amide bonds. The molecule has 1 aromatic heterocycles. The van der Waals surface area contributed by atoms with Crippen molar-refractivity contribution in [1.29, 1.82) is 0 Å². The summed E-state index contributed by atoms with van der Waals surface area (Å²) in [6.07, 6.45) is 2.34. The number of hydroxylamine groups is 1. The average Bonchev–Trinajstić information content (AvgIpc) is 2.34. The number of furan rings is 1. The summed E-state index contributed by atoms with van der Waals surface area (Å²) < 4.78 is 4.98. The van der Waals surface area contributed by atoms with E-state index in [9.17, 15) is 0 Å². The highest BCUT2D eigenvalue weighted by atomic mass is 16.5. The fourth-order valence-corrected chi connectivity index (χ4v) is 0.634. The maximum atomic E-state index is 8.17. The number of rotatable bonds is 3. The quantitative estimate of drug-likeness (QED) is 0.590. The molecule has 1 rings (SSSR count). The van der Waals surface area contributed by atoms with Crippen LogP contribution in [0.15, 0.2) is 22.8 Å². The molecule has 0 unspecified atom stereocenters. The Labute approximate surface area is 53.3 Å². The molecule has 1 aromatic rings. The van der Waals surface area contributed by atoms with Crippen LogP contribution in [0.4, 0.5) is 0 Å². The first-order valence-corrected chi connectivity index (χ1v) is 2.83. The van der Waals surface area contributed by atoms with E-state index in [-0.39, 0.29) is 0 Å². The zero-order chi connectivity index (χ0) is 6.53.